The first-order chi connectivity index (χ1) is 12.6. The zero-order chi connectivity index (χ0) is 20.2. The number of methoxy groups -OCH3 is 1. The van der Waals surface area contributed by atoms with Crippen molar-refractivity contribution in [1.29, 1.82) is 0 Å². The second-order valence-electron chi connectivity index (χ2n) is 5.27. The van der Waals surface area contributed by atoms with E-state index < -0.39 is 35.9 Å². The van der Waals surface area contributed by atoms with Gasteiger partial charge in [-0.15, -0.1) is 0 Å². The molecular formula is C17H14ClF3N2O4. The number of hydrogen-bond acceptors (Lipinski definition) is 5. The first-order valence-electron chi connectivity index (χ1n) is 7.39. The Morgan fingerprint density at radius 3 is 2.48 bits per heavy atom. The van der Waals surface area contributed by atoms with Crippen LogP contribution in [0.4, 0.5) is 24.5 Å². The van der Waals surface area contributed by atoms with Crippen LogP contribution in [-0.4, -0.2) is 25.6 Å². The van der Waals surface area contributed by atoms with Crippen LogP contribution in [0.25, 0.3) is 0 Å². The van der Waals surface area contributed by atoms with Crippen LogP contribution in [0, 0.1) is 0 Å². The van der Waals surface area contributed by atoms with Crippen molar-refractivity contribution in [2.75, 3.05) is 24.8 Å². The van der Waals surface area contributed by atoms with Crippen molar-refractivity contribution >= 4 is 34.9 Å². The number of benzene rings is 2. The Bertz CT molecular complexity index is 872. The molecule has 0 saturated carbocycles. The monoisotopic (exact) mass is 402 g/mol. The van der Waals surface area contributed by atoms with Crippen LogP contribution >= 0.6 is 11.6 Å². The van der Waals surface area contributed by atoms with Gasteiger partial charge in [-0.05, 0) is 36.4 Å². The van der Waals surface area contributed by atoms with Crippen molar-refractivity contribution in [1.82, 2.24) is 0 Å². The fourth-order valence-corrected chi connectivity index (χ4v) is 2.27. The largest absolute Gasteiger partial charge is 0.495 e. The number of nitrogen functional groups attached to an aromatic ring is 1. The van der Waals surface area contributed by atoms with Crippen LogP contribution in [-0.2, 0) is 15.7 Å². The number of ether oxygens (including phenoxy) is 2. The third-order valence-electron chi connectivity index (χ3n) is 3.37. The molecule has 0 spiro atoms. The normalized spacial score (nSPS) is 11.0. The minimum absolute atomic E-state index is 0.264. The molecule has 2 aromatic rings. The molecule has 144 valence electrons. The van der Waals surface area contributed by atoms with Crippen LogP contribution < -0.4 is 15.8 Å². The van der Waals surface area contributed by atoms with E-state index in [-0.39, 0.29) is 11.3 Å². The first kappa shape index (κ1) is 20.4. The molecule has 0 fully saturated rings. The number of halogens is 4. The summed E-state index contributed by atoms with van der Waals surface area (Å²) in [5.74, 6) is -1.39. The minimum Gasteiger partial charge on any atom is -0.495 e. The molecule has 0 unspecified atom stereocenters. The molecule has 2 aromatic carbocycles. The van der Waals surface area contributed by atoms with Crippen molar-refractivity contribution < 1.29 is 32.2 Å². The number of nitrogens with one attached hydrogen (secondary N) is 1. The van der Waals surface area contributed by atoms with Gasteiger partial charge in [0.2, 0.25) is 0 Å². The molecule has 0 saturated heterocycles. The second kappa shape index (κ2) is 8.17. The number of amides is 1. The van der Waals surface area contributed by atoms with E-state index in [0.29, 0.717) is 22.9 Å². The third kappa shape index (κ3) is 5.27. The van der Waals surface area contributed by atoms with Gasteiger partial charge in [-0.25, -0.2) is 4.79 Å². The van der Waals surface area contributed by atoms with Crippen LogP contribution in [0.2, 0.25) is 5.02 Å². The summed E-state index contributed by atoms with van der Waals surface area (Å²) in [6.07, 6.45) is -4.59. The lowest BCUT2D eigenvalue weighted by Gasteiger charge is -2.12. The van der Waals surface area contributed by atoms with Gasteiger partial charge in [0.15, 0.2) is 6.61 Å². The predicted molar refractivity (Wildman–Crippen MR) is 92.8 cm³/mol. The van der Waals surface area contributed by atoms with Gasteiger partial charge < -0.3 is 20.5 Å². The lowest BCUT2D eigenvalue weighted by Crippen LogP contribution is -2.21. The summed E-state index contributed by atoms with van der Waals surface area (Å²) < 4.78 is 47.7. The van der Waals surface area contributed by atoms with Gasteiger partial charge in [-0.2, -0.15) is 13.2 Å². The maximum atomic E-state index is 12.6. The fourth-order valence-electron chi connectivity index (χ4n) is 2.10. The van der Waals surface area contributed by atoms with Crippen LogP contribution in [0.1, 0.15) is 15.9 Å². The number of rotatable bonds is 5. The molecule has 0 aromatic heterocycles. The average Bonchev–Trinajstić information content (AvgIpc) is 2.59. The molecule has 0 aliphatic carbocycles. The zero-order valence-corrected chi connectivity index (χ0v) is 14.6. The predicted octanol–water partition coefficient (Wildman–Crippen LogP) is 3.75. The van der Waals surface area contributed by atoms with E-state index in [1.807, 2.05) is 0 Å². The third-order valence-corrected chi connectivity index (χ3v) is 3.60. The maximum absolute atomic E-state index is 12.6. The van der Waals surface area contributed by atoms with E-state index >= 15 is 0 Å². The standard InChI is InChI=1S/C17H14ClF3N2O4/c1-26-14-5-3-10(18)7-13(14)23-15(24)8-27-16(25)11-4-2-9(6-12(11)22)17(19,20)21/h2-7H,8,22H2,1H3,(H,23,24). The van der Waals surface area contributed by atoms with Gasteiger partial charge >= 0.3 is 12.1 Å². The molecular weight excluding hydrogens is 389 g/mol. The summed E-state index contributed by atoms with van der Waals surface area (Å²) in [4.78, 5) is 23.9. The Kier molecular flexibility index (Phi) is 6.17. The second-order valence-corrected chi connectivity index (χ2v) is 5.71. The molecule has 0 heterocycles. The van der Waals surface area contributed by atoms with Gasteiger partial charge in [-0.3, -0.25) is 4.79 Å². The van der Waals surface area contributed by atoms with E-state index in [9.17, 15) is 22.8 Å². The molecule has 0 bridgehead atoms. The Morgan fingerprint density at radius 1 is 1.19 bits per heavy atom. The molecule has 1 amide bonds. The molecule has 0 aliphatic rings. The fraction of sp³-hybridized carbons (Fsp3) is 0.176. The first-order valence-corrected chi connectivity index (χ1v) is 7.77. The van der Waals surface area contributed by atoms with E-state index in [1.165, 1.54) is 19.2 Å². The number of hydrogen-bond donors (Lipinski definition) is 2. The molecule has 6 nitrogen and oxygen atoms in total. The Balaban J connectivity index is 2.01. The molecule has 3 N–H and O–H groups in total. The van der Waals surface area contributed by atoms with Crippen molar-refractivity contribution in [3.8, 4) is 5.75 Å². The number of carbonyl (C=O) groups excluding carboxylic acids is 2. The van der Waals surface area contributed by atoms with Gasteiger partial charge in [0.25, 0.3) is 5.91 Å². The van der Waals surface area contributed by atoms with Crippen LogP contribution in [0.5, 0.6) is 5.75 Å². The van der Waals surface area contributed by atoms with Gasteiger partial charge in [0, 0.05) is 10.7 Å². The number of esters is 1. The van der Waals surface area contributed by atoms with Crippen LogP contribution in [0.3, 0.4) is 0 Å². The van der Waals surface area contributed by atoms with Crippen molar-refractivity contribution in [2.45, 2.75) is 6.18 Å². The van der Waals surface area contributed by atoms with Crippen molar-refractivity contribution in [3.05, 3.63) is 52.5 Å². The maximum Gasteiger partial charge on any atom is 0.416 e. The lowest BCUT2D eigenvalue weighted by atomic mass is 10.1. The van der Waals surface area contributed by atoms with Crippen molar-refractivity contribution in [2.24, 2.45) is 0 Å². The number of alkyl halides is 3. The van der Waals surface area contributed by atoms with E-state index in [2.05, 4.69) is 5.32 Å². The lowest BCUT2D eigenvalue weighted by molar-refractivity contribution is -0.137. The molecule has 10 heteroatoms. The molecule has 0 aliphatic heterocycles. The quantitative estimate of drug-likeness (QED) is 0.587. The average molecular weight is 403 g/mol. The number of anilines is 2. The summed E-state index contributed by atoms with van der Waals surface area (Å²) in [6, 6.07) is 6.74. The van der Waals surface area contributed by atoms with Gasteiger partial charge in [0.05, 0.1) is 23.9 Å². The Labute approximate surface area is 157 Å². The molecule has 0 atom stereocenters. The molecule has 27 heavy (non-hydrogen) atoms. The summed E-state index contributed by atoms with van der Waals surface area (Å²) in [6.45, 7) is -0.686. The highest BCUT2D eigenvalue weighted by atomic mass is 35.5. The summed E-state index contributed by atoms with van der Waals surface area (Å²) in [5.41, 5.74) is 4.05. The van der Waals surface area contributed by atoms with E-state index in [1.54, 1.807) is 6.07 Å². The Hall–Kier alpha value is -2.94. The number of nitrogens with two attached hydrogens (primary N) is 1. The zero-order valence-electron chi connectivity index (χ0n) is 13.9. The topological polar surface area (TPSA) is 90.6 Å². The summed E-state index contributed by atoms with van der Waals surface area (Å²) in [7, 11) is 1.40. The molecule has 2 rings (SSSR count). The van der Waals surface area contributed by atoms with E-state index in [4.69, 9.17) is 26.8 Å². The number of carbonyl (C=O) groups is 2. The van der Waals surface area contributed by atoms with E-state index in [0.717, 1.165) is 6.07 Å². The Morgan fingerprint density at radius 2 is 1.89 bits per heavy atom. The minimum atomic E-state index is -4.59. The highest BCUT2D eigenvalue weighted by molar-refractivity contribution is 6.31. The summed E-state index contributed by atoms with van der Waals surface area (Å²) in [5, 5.41) is 2.79. The van der Waals surface area contributed by atoms with Gasteiger partial charge in [0.1, 0.15) is 5.75 Å². The highest BCUT2D eigenvalue weighted by Gasteiger charge is 2.31. The van der Waals surface area contributed by atoms with Gasteiger partial charge in [-0.1, -0.05) is 11.6 Å². The smallest absolute Gasteiger partial charge is 0.416 e. The van der Waals surface area contributed by atoms with Crippen LogP contribution in [0.15, 0.2) is 36.4 Å². The highest BCUT2D eigenvalue weighted by Crippen LogP contribution is 2.31. The van der Waals surface area contributed by atoms with Crippen molar-refractivity contribution in [3.63, 3.8) is 0 Å². The summed E-state index contributed by atoms with van der Waals surface area (Å²) >= 11 is 5.84. The molecule has 0 radical (unpaired) electrons. The SMILES string of the molecule is COc1ccc(Cl)cc1NC(=O)COC(=O)c1ccc(C(F)(F)F)cc1N.